The van der Waals surface area contributed by atoms with Crippen molar-refractivity contribution in [1.82, 2.24) is 15.2 Å². The fraction of sp³-hybridized carbons (Fsp3) is 0.714. The monoisotopic (exact) mass is 185 g/mol. The third-order valence-electron chi connectivity index (χ3n) is 2.06. The molecule has 2 heterocycles. The summed E-state index contributed by atoms with van der Waals surface area (Å²) in [7, 11) is 0. The molecular weight excluding hydrogens is 174 g/mol. The highest BCUT2D eigenvalue weighted by atomic mass is 32.1. The molecule has 1 aromatic heterocycles. The fourth-order valence-corrected chi connectivity index (χ4v) is 1.59. The molecule has 1 saturated heterocycles. The Bertz CT molecular complexity index is 318. The van der Waals surface area contributed by atoms with E-state index in [1.165, 1.54) is 0 Å². The Morgan fingerprint density at radius 1 is 1.50 bits per heavy atom. The summed E-state index contributed by atoms with van der Waals surface area (Å²) in [6.45, 7) is 2.07. The lowest BCUT2D eigenvalue weighted by molar-refractivity contribution is 0.0505. The Morgan fingerprint density at radius 2 is 2.33 bits per heavy atom. The van der Waals surface area contributed by atoms with Gasteiger partial charge < -0.3 is 4.74 Å². The van der Waals surface area contributed by atoms with Crippen molar-refractivity contribution in [2.45, 2.75) is 32.0 Å². The van der Waals surface area contributed by atoms with E-state index in [2.05, 4.69) is 22.1 Å². The summed E-state index contributed by atoms with van der Waals surface area (Å²) >= 11 is 4.84. The van der Waals surface area contributed by atoms with Crippen LogP contribution in [0, 0.1) is 4.77 Å². The second kappa shape index (κ2) is 2.99. The van der Waals surface area contributed by atoms with Gasteiger partial charge in [-0.25, -0.2) is 4.98 Å². The number of hydrogen-bond donors (Lipinski definition) is 2. The first-order chi connectivity index (χ1) is 5.75. The number of nitrogens with one attached hydrogen (secondary N) is 2. The fourth-order valence-electron chi connectivity index (χ4n) is 1.44. The molecular formula is C7H11N3OS. The average molecular weight is 185 g/mol. The molecule has 0 aliphatic carbocycles. The Labute approximate surface area is 75.3 Å². The molecule has 1 aliphatic rings. The van der Waals surface area contributed by atoms with E-state index >= 15 is 0 Å². The maximum absolute atomic E-state index is 5.60. The third-order valence-corrected chi connectivity index (χ3v) is 2.25. The number of ether oxygens (including phenoxy) is 1. The van der Waals surface area contributed by atoms with Crippen LogP contribution in [-0.2, 0) is 4.74 Å². The van der Waals surface area contributed by atoms with E-state index in [0.29, 0.717) is 10.9 Å². The summed E-state index contributed by atoms with van der Waals surface area (Å²) in [5.41, 5.74) is 0. The Kier molecular flexibility index (Phi) is 1.98. The van der Waals surface area contributed by atoms with Crippen molar-refractivity contribution < 1.29 is 4.74 Å². The zero-order valence-corrected chi connectivity index (χ0v) is 7.65. The molecule has 4 nitrogen and oxygen atoms in total. The van der Waals surface area contributed by atoms with Crippen LogP contribution in [0.4, 0.5) is 0 Å². The minimum Gasteiger partial charge on any atom is -0.367 e. The van der Waals surface area contributed by atoms with Gasteiger partial charge in [0.25, 0.3) is 0 Å². The molecule has 0 bridgehead atoms. The average Bonchev–Trinajstić information content (AvgIpc) is 2.58. The van der Waals surface area contributed by atoms with E-state index in [1.54, 1.807) is 0 Å². The van der Waals surface area contributed by atoms with Crippen molar-refractivity contribution in [2.75, 3.05) is 0 Å². The van der Waals surface area contributed by atoms with E-state index < -0.39 is 0 Å². The second-order valence-electron chi connectivity index (χ2n) is 3.06. The summed E-state index contributed by atoms with van der Waals surface area (Å²) in [5.74, 6) is 0.823. The molecule has 2 rings (SSSR count). The van der Waals surface area contributed by atoms with Crippen LogP contribution in [-0.4, -0.2) is 21.3 Å². The van der Waals surface area contributed by atoms with E-state index in [0.717, 1.165) is 18.7 Å². The van der Waals surface area contributed by atoms with Crippen LogP contribution in [0.5, 0.6) is 0 Å². The number of rotatable bonds is 1. The predicted octanol–water partition coefficient (Wildman–Crippen LogP) is 1.71. The number of aromatic nitrogens is 3. The molecule has 0 radical (unpaired) electrons. The van der Waals surface area contributed by atoms with Gasteiger partial charge in [0.1, 0.15) is 6.10 Å². The lowest BCUT2D eigenvalue weighted by Gasteiger charge is -2.06. The van der Waals surface area contributed by atoms with E-state index in [1.807, 2.05) is 0 Å². The minimum absolute atomic E-state index is 0.105. The van der Waals surface area contributed by atoms with Crippen molar-refractivity contribution in [3.05, 3.63) is 10.6 Å². The standard InChI is InChI=1S/C7H11N3OS/c1-4-2-3-5(11-4)6-8-7(12)10-9-6/h4-5H,2-3H2,1H3,(H2,8,9,10,12). The van der Waals surface area contributed by atoms with Gasteiger partial charge in [-0.05, 0) is 32.0 Å². The van der Waals surface area contributed by atoms with Crippen molar-refractivity contribution >= 4 is 12.2 Å². The summed E-state index contributed by atoms with van der Waals surface area (Å²) in [6.07, 6.45) is 2.57. The van der Waals surface area contributed by atoms with Gasteiger partial charge in [0.15, 0.2) is 5.82 Å². The smallest absolute Gasteiger partial charge is 0.213 e. The first-order valence-electron chi connectivity index (χ1n) is 4.06. The van der Waals surface area contributed by atoms with Gasteiger partial charge in [0.2, 0.25) is 4.77 Å². The summed E-state index contributed by atoms with van der Waals surface area (Å²) in [6, 6.07) is 0. The van der Waals surface area contributed by atoms with Crippen molar-refractivity contribution in [1.29, 1.82) is 0 Å². The lowest BCUT2D eigenvalue weighted by atomic mass is 10.2. The molecule has 0 aromatic carbocycles. The van der Waals surface area contributed by atoms with Crippen molar-refractivity contribution in [3.63, 3.8) is 0 Å². The first-order valence-corrected chi connectivity index (χ1v) is 4.46. The maximum Gasteiger partial charge on any atom is 0.213 e. The second-order valence-corrected chi connectivity index (χ2v) is 3.45. The first kappa shape index (κ1) is 7.94. The normalized spacial score (nSPS) is 29.4. The molecule has 0 amide bonds. The van der Waals surface area contributed by atoms with E-state index in [9.17, 15) is 0 Å². The van der Waals surface area contributed by atoms with Crippen LogP contribution >= 0.6 is 12.2 Å². The minimum atomic E-state index is 0.105. The van der Waals surface area contributed by atoms with Crippen LogP contribution in [0.1, 0.15) is 31.7 Å². The molecule has 1 aliphatic heterocycles. The van der Waals surface area contributed by atoms with Gasteiger partial charge in [0, 0.05) is 0 Å². The molecule has 0 saturated carbocycles. The highest BCUT2D eigenvalue weighted by molar-refractivity contribution is 7.71. The molecule has 66 valence electrons. The highest BCUT2D eigenvalue weighted by Gasteiger charge is 2.25. The Hall–Kier alpha value is -0.680. The van der Waals surface area contributed by atoms with Gasteiger partial charge in [0.05, 0.1) is 6.10 Å². The zero-order valence-electron chi connectivity index (χ0n) is 6.83. The molecule has 2 N–H and O–H groups in total. The number of aromatic amines is 2. The van der Waals surface area contributed by atoms with Crippen molar-refractivity contribution in [3.8, 4) is 0 Å². The molecule has 2 unspecified atom stereocenters. The summed E-state index contributed by atoms with van der Waals surface area (Å²) in [5, 5.41) is 5.66. The van der Waals surface area contributed by atoms with Crippen LogP contribution in [0.3, 0.4) is 0 Å². The number of hydrogen-bond acceptors (Lipinski definition) is 3. The van der Waals surface area contributed by atoms with E-state index in [4.69, 9.17) is 17.0 Å². The van der Waals surface area contributed by atoms with Crippen molar-refractivity contribution in [2.24, 2.45) is 0 Å². The van der Waals surface area contributed by atoms with E-state index in [-0.39, 0.29) is 6.10 Å². The van der Waals surface area contributed by atoms with Crippen LogP contribution < -0.4 is 0 Å². The van der Waals surface area contributed by atoms with Gasteiger partial charge >= 0.3 is 0 Å². The van der Waals surface area contributed by atoms with Crippen LogP contribution in [0.2, 0.25) is 0 Å². The number of nitrogens with zero attached hydrogens (tertiary/aromatic N) is 1. The Balaban J connectivity index is 2.16. The van der Waals surface area contributed by atoms with Gasteiger partial charge in [-0.1, -0.05) is 0 Å². The SMILES string of the molecule is CC1CCC(c2nc(=S)[nH][nH]2)O1. The Morgan fingerprint density at radius 3 is 2.83 bits per heavy atom. The van der Waals surface area contributed by atoms with Crippen LogP contribution in [0.25, 0.3) is 0 Å². The molecule has 2 atom stereocenters. The largest absolute Gasteiger partial charge is 0.367 e. The van der Waals surface area contributed by atoms with Gasteiger partial charge in [-0.2, -0.15) is 0 Å². The molecule has 5 heteroatoms. The number of H-pyrrole nitrogens is 2. The van der Waals surface area contributed by atoms with Gasteiger partial charge in [-0.15, -0.1) is 0 Å². The van der Waals surface area contributed by atoms with Gasteiger partial charge in [-0.3, -0.25) is 10.2 Å². The molecule has 0 spiro atoms. The quantitative estimate of drug-likeness (QED) is 0.655. The zero-order chi connectivity index (χ0) is 8.55. The summed E-state index contributed by atoms with van der Waals surface area (Å²) < 4.78 is 6.09. The topological polar surface area (TPSA) is 53.7 Å². The third kappa shape index (κ3) is 1.42. The lowest BCUT2D eigenvalue weighted by Crippen LogP contribution is -2.02. The summed E-state index contributed by atoms with van der Waals surface area (Å²) in [4.78, 5) is 4.11. The predicted molar refractivity (Wildman–Crippen MR) is 46.3 cm³/mol. The maximum atomic E-state index is 5.60. The molecule has 1 aromatic rings. The van der Waals surface area contributed by atoms with Crippen LogP contribution in [0.15, 0.2) is 0 Å². The highest BCUT2D eigenvalue weighted by Crippen LogP contribution is 2.29. The molecule has 12 heavy (non-hydrogen) atoms. The molecule has 1 fully saturated rings.